The molecule has 86 valence electrons. The van der Waals surface area contributed by atoms with Crippen molar-refractivity contribution in [2.24, 2.45) is 5.41 Å². The fourth-order valence-electron chi connectivity index (χ4n) is 1.14. The Morgan fingerprint density at radius 2 is 1.93 bits per heavy atom. The minimum absolute atomic E-state index is 0.403. The summed E-state index contributed by atoms with van der Waals surface area (Å²) in [4.78, 5) is 0. The lowest BCUT2D eigenvalue weighted by Gasteiger charge is -2.20. The van der Waals surface area contributed by atoms with Gasteiger partial charge < -0.3 is 5.32 Å². The maximum atomic E-state index is 10.9. The standard InChI is InChI=1S/C11H25NOS/c1-10(6-9-14(5)13)12-8-7-11(2,3)4/h10,12H,6-9H2,1-5H3. The van der Waals surface area contributed by atoms with Gasteiger partial charge in [-0.15, -0.1) is 0 Å². The molecule has 0 radical (unpaired) electrons. The lowest BCUT2D eigenvalue weighted by Crippen LogP contribution is -2.30. The van der Waals surface area contributed by atoms with Gasteiger partial charge in [-0.25, -0.2) is 0 Å². The van der Waals surface area contributed by atoms with Crippen molar-refractivity contribution in [1.82, 2.24) is 5.32 Å². The van der Waals surface area contributed by atoms with Crippen LogP contribution in [0.25, 0.3) is 0 Å². The third-order valence-electron chi connectivity index (χ3n) is 2.21. The third-order valence-corrected chi connectivity index (χ3v) is 3.02. The van der Waals surface area contributed by atoms with Crippen LogP contribution in [0, 0.1) is 5.41 Å². The van der Waals surface area contributed by atoms with Crippen LogP contribution in [0.5, 0.6) is 0 Å². The van der Waals surface area contributed by atoms with E-state index in [0.29, 0.717) is 11.5 Å². The lowest BCUT2D eigenvalue weighted by atomic mass is 9.92. The SMILES string of the molecule is CC(CCS(C)=O)NCCC(C)(C)C. The van der Waals surface area contributed by atoms with Crippen LogP contribution in [-0.2, 0) is 10.8 Å². The lowest BCUT2D eigenvalue weighted by molar-refractivity contribution is 0.355. The van der Waals surface area contributed by atoms with Crippen molar-refractivity contribution >= 4 is 10.8 Å². The molecule has 0 spiro atoms. The molecule has 0 saturated heterocycles. The largest absolute Gasteiger partial charge is 0.314 e. The van der Waals surface area contributed by atoms with Crippen LogP contribution in [0.3, 0.4) is 0 Å². The molecular formula is C11H25NOS. The monoisotopic (exact) mass is 219 g/mol. The number of nitrogens with one attached hydrogen (secondary N) is 1. The summed E-state index contributed by atoms with van der Waals surface area (Å²) < 4.78 is 10.9. The first-order valence-corrected chi connectivity index (χ1v) is 7.07. The van der Waals surface area contributed by atoms with Gasteiger partial charge in [0.05, 0.1) is 0 Å². The van der Waals surface area contributed by atoms with Crippen LogP contribution in [0.15, 0.2) is 0 Å². The second kappa shape index (κ2) is 6.57. The van der Waals surface area contributed by atoms with E-state index in [1.54, 1.807) is 6.26 Å². The summed E-state index contributed by atoms with van der Waals surface area (Å²) >= 11 is 0. The Labute approximate surface area is 91.3 Å². The Bertz CT molecular complexity index is 175. The molecule has 0 aliphatic carbocycles. The van der Waals surface area contributed by atoms with Crippen molar-refractivity contribution in [2.45, 2.75) is 46.6 Å². The summed E-state index contributed by atoms with van der Waals surface area (Å²) in [6.07, 6.45) is 3.96. The van der Waals surface area contributed by atoms with E-state index in [9.17, 15) is 4.21 Å². The Kier molecular flexibility index (Phi) is 6.62. The van der Waals surface area contributed by atoms with Gasteiger partial charge in [-0.3, -0.25) is 4.21 Å². The van der Waals surface area contributed by atoms with Gasteiger partial charge in [-0.05, 0) is 31.7 Å². The highest BCUT2D eigenvalue weighted by atomic mass is 32.2. The molecule has 0 aliphatic heterocycles. The zero-order chi connectivity index (χ0) is 11.2. The fourth-order valence-corrected chi connectivity index (χ4v) is 1.82. The van der Waals surface area contributed by atoms with Crippen LogP contribution in [-0.4, -0.2) is 28.8 Å². The third kappa shape index (κ3) is 10.2. The molecule has 2 unspecified atom stereocenters. The summed E-state index contributed by atoms with van der Waals surface area (Å²) in [5.74, 6) is 0.809. The Balaban J connectivity index is 3.45. The Morgan fingerprint density at radius 3 is 2.36 bits per heavy atom. The van der Waals surface area contributed by atoms with Crippen LogP contribution >= 0.6 is 0 Å². The minimum atomic E-state index is -0.649. The number of hydrogen-bond donors (Lipinski definition) is 1. The average molecular weight is 219 g/mol. The van der Waals surface area contributed by atoms with Gasteiger partial charge in [0.15, 0.2) is 0 Å². The van der Waals surface area contributed by atoms with Crippen LogP contribution < -0.4 is 5.32 Å². The first-order valence-electron chi connectivity index (χ1n) is 5.34. The normalized spacial score (nSPS) is 16.6. The summed E-state index contributed by atoms with van der Waals surface area (Å²) in [6, 6.07) is 0.487. The van der Waals surface area contributed by atoms with Crippen molar-refractivity contribution in [2.75, 3.05) is 18.6 Å². The van der Waals surface area contributed by atoms with E-state index in [0.717, 1.165) is 18.7 Å². The predicted molar refractivity (Wildman–Crippen MR) is 65.1 cm³/mol. The highest BCUT2D eigenvalue weighted by Crippen LogP contribution is 2.17. The number of hydrogen-bond acceptors (Lipinski definition) is 2. The molecule has 2 nitrogen and oxygen atoms in total. The zero-order valence-electron chi connectivity index (χ0n) is 10.2. The van der Waals surface area contributed by atoms with Gasteiger partial charge in [0.1, 0.15) is 0 Å². The fraction of sp³-hybridized carbons (Fsp3) is 1.00. The molecule has 0 heterocycles. The summed E-state index contributed by atoms with van der Waals surface area (Å²) in [7, 11) is -0.649. The van der Waals surface area contributed by atoms with Gasteiger partial charge >= 0.3 is 0 Å². The Hall–Kier alpha value is 0.110. The van der Waals surface area contributed by atoms with Crippen LogP contribution in [0.4, 0.5) is 0 Å². The topological polar surface area (TPSA) is 29.1 Å². The first-order chi connectivity index (χ1) is 6.31. The van der Waals surface area contributed by atoms with E-state index in [4.69, 9.17) is 0 Å². The highest BCUT2D eigenvalue weighted by Gasteiger charge is 2.10. The molecule has 2 atom stereocenters. The molecule has 0 amide bonds. The van der Waals surface area contributed by atoms with Gasteiger partial charge in [-0.2, -0.15) is 0 Å². The molecule has 0 aromatic rings. The number of rotatable bonds is 6. The van der Waals surface area contributed by atoms with E-state index >= 15 is 0 Å². The van der Waals surface area contributed by atoms with E-state index in [1.807, 2.05) is 0 Å². The zero-order valence-corrected chi connectivity index (χ0v) is 11.0. The van der Waals surface area contributed by atoms with E-state index in [-0.39, 0.29) is 0 Å². The molecule has 0 aromatic carbocycles. The maximum Gasteiger partial charge on any atom is 0.0246 e. The first kappa shape index (κ1) is 14.1. The second-order valence-electron chi connectivity index (χ2n) is 5.23. The molecule has 0 aliphatic rings. The minimum Gasteiger partial charge on any atom is -0.314 e. The average Bonchev–Trinajstić information content (AvgIpc) is 1.98. The molecule has 0 fully saturated rings. The smallest absolute Gasteiger partial charge is 0.0246 e. The van der Waals surface area contributed by atoms with Gasteiger partial charge in [0.2, 0.25) is 0 Å². The van der Waals surface area contributed by atoms with Crippen LogP contribution in [0.2, 0.25) is 0 Å². The molecule has 0 bridgehead atoms. The molecule has 0 rings (SSSR count). The van der Waals surface area contributed by atoms with E-state index in [1.165, 1.54) is 6.42 Å². The van der Waals surface area contributed by atoms with Gasteiger partial charge in [0, 0.05) is 28.9 Å². The molecular weight excluding hydrogens is 194 g/mol. The highest BCUT2D eigenvalue weighted by molar-refractivity contribution is 7.84. The van der Waals surface area contributed by atoms with Crippen molar-refractivity contribution in [3.05, 3.63) is 0 Å². The maximum absolute atomic E-state index is 10.9. The summed E-state index contributed by atoms with van der Waals surface area (Å²) in [5, 5.41) is 3.46. The van der Waals surface area contributed by atoms with Crippen LogP contribution in [0.1, 0.15) is 40.5 Å². The predicted octanol–water partition coefficient (Wildman–Crippen LogP) is 2.17. The quantitative estimate of drug-likeness (QED) is 0.742. The molecule has 3 heteroatoms. The molecule has 14 heavy (non-hydrogen) atoms. The van der Waals surface area contributed by atoms with E-state index in [2.05, 4.69) is 33.0 Å². The van der Waals surface area contributed by atoms with Crippen molar-refractivity contribution < 1.29 is 4.21 Å². The molecule has 0 aromatic heterocycles. The van der Waals surface area contributed by atoms with Crippen molar-refractivity contribution in [3.63, 3.8) is 0 Å². The van der Waals surface area contributed by atoms with E-state index < -0.39 is 10.8 Å². The second-order valence-corrected chi connectivity index (χ2v) is 6.79. The van der Waals surface area contributed by atoms with Crippen molar-refractivity contribution in [3.8, 4) is 0 Å². The molecule has 1 N–H and O–H groups in total. The summed E-state index contributed by atoms with van der Waals surface area (Å²) in [6.45, 7) is 9.97. The Morgan fingerprint density at radius 1 is 1.36 bits per heavy atom. The molecule has 0 saturated carbocycles. The van der Waals surface area contributed by atoms with Gasteiger partial charge in [-0.1, -0.05) is 20.8 Å². The summed E-state index contributed by atoms with van der Waals surface area (Å²) in [5.41, 5.74) is 0.403. The van der Waals surface area contributed by atoms with Gasteiger partial charge in [0.25, 0.3) is 0 Å². The van der Waals surface area contributed by atoms with Crippen molar-refractivity contribution in [1.29, 1.82) is 0 Å².